The van der Waals surface area contributed by atoms with Gasteiger partial charge in [0.1, 0.15) is 0 Å². The lowest BCUT2D eigenvalue weighted by Crippen LogP contribution is -2.21. The molecule has 0 aromatic carbocycles. The van der Waals surface area contributed by atoms with Crippen molar-refractivity contribution < 1.29 is 4.74 Å². The van der Waals surface area contributed by atoms with E-state index in [9.17, 15) is 0 Å². The van der Waals surface area contributed by atoms with E-state index < -0.39 is 0 Å². The largest absolute Gasteiger partial charge is 0.381 e. The Bertz CT molecular complexity index is 201. The molecule has 0 aliphatic heterocycles. The fourth-order valence-corrected chi connectivity index (χ4v) is 4.13. The van der Waals surface area contributed by atoms with E-state index in [1.807, 2.05) is 7.11 Å². The van der Waals surface area contributed by atoms with Gasteiger partial charge in [0.2, 0.25) is 0 Å². The maximum Gasteiger partial charge on any atom is 0.0607 e. The molecule has 0 saturated heterocycles. The summed E-state index contributed by atoms with van der Waals surface area (Å²) in [4.78, 5) is 0. The number of ether oxygens (including phenoxy) is 1. The highest BCUT2D eigenvalue weighted by Gasteiger charge is 2.73. The highest BCUT2D eigenvalue weighted by molar-refractivity contribution is 5.21. The number of hydrogen-bond acceptors (Lipinski definition) is 1. The number of fused-ring (bicyclic) bond motifs is 1. The van der Waals surface area contributed by atoms with E-state index in [2.05, 4.69) is 6.92 Å². The van der Waals surface area contributed by atoms with Gasteiger partial charge >= 0.3 is 0 Å². The molecule has 3 aliphatic carbocycles. The fraction of sp³-hybridized carbons (Fsp3) is 1.00. The van der Waals surface area contributed by atoms with Crippen molar-refractivity contribution in [3.05, 3.63) is 0 Å². The third kappa shape index (κ3) is 0.516. The minimum Gasteiger partial charge on any atom is -0.381 e. The van der Waals surface area contributed by atoms with Crippen LogP contribution in [0.4, 0.5) is 0 Å². The smallest absolute Gasteiger partial charge is 0.0607 e. The van der Waals surface area contributed by atoms with Gasteiger partial charge in [-0.1, -0.05) is 6.92 Å². The average molecular weight is 152 g/mol. The van der Waals surface area contributed by atoms with Crippen molar-refractivity contribution in [3.63, 3.8) is 0 Å². The minimum atomic E-state index is 0.615. The number of rotatable bonds is 1. The summed E-state index contributed by atoms with van der Waals surface area (Å²) >= 11 is 0. The topological polar surface area (TPSA) is 9.23 Å². The van der Waals surface area contributed by atoms with Crippen LogP contribution >= 0.6 is 0 Å². The molecular formula is C10H16O. The molecule has 0 bridgehead atoms. The van der Waals surface area contributed by atoms with Gasteiger partial charge in [-0.25, -0.2) is 0 Å². The van der Waals surface area contributed by atoms with Crippen LogP contribution in [0.5, 0.6) is 0 Å². The molecule has 0 aromatic rings. The molecule has 3 saturated carbocycles. The first-order chi connectivity index (χ1) is 5.28. The second-order valence-corrected chi connectivity index (χ2v) is 4.77. The first-order valence-electron chi connectivity index (χ1n) is 4.81. The Morgan fingerprint density at radius 1 is 1.18 bits per heavy atom. The summed E-state index contributed by atoms with van der Waals surface area (Å²) in [6, 6.07) is 0. The van der Waals surface area contributed by atoms with Crippen LogP contribution in [0, 0.1) is 23.2 Å². The predicted molar refractivity (Wildman–Crippen MR) is 43.2 cm³/mol. The molecule has 0 heterocycles. The Kier molecular flexibility index (Phi) is 0.976. The van der Waals surface area contributed by atoms with Crippen LogP contribution in [-0.2, 0) is 4.74 Å². The Labute approximate surface area is 68.1 Å². The Balaban J connectivity index is 1.92. The molecule has 0 aromatic heterocycles. The maximum atomic E-state index is 5.51. The highest BCUT2D eigenvalue weighted by atomic mass is 16.5. The molecule has 1 heteroatoms. The molecule has 0 radical (unpaired) electrons. The zero-order valence-corrected chi connectivity index (χ0v) is 7.34. The third-order valence-corrected chi connectivity index (χ3v) is 4.80. The molecule has 2 unspecified atom stereocenters. The van der Waals surface area contributed by atoms with E-state index in [0.29, 0.717) is 6.10 Å². The summed E-state index contributed by atoms with van der Waals surface area (Å²) in [5.74, 6) is 3.06. The van der Waals surface area contributed by atoms with Crippen LogP contribution in [0.1, 0.15) is 26.2 Å². The molecule has 3 rings (SSSR count). The van der Waals surface area contributed by atoms with Crippen LogP contribution < -0.4 is 0 Å². The molecule has 3 aliphatic rings. The molecule has 3 fully saturated rings. The summed E-state index contributed by atoms with van der Waals surface area (Å²) < 4.78 is 5.51. The van der Waals surface area contributed by atoms with E-state index in [-0.39, 0.29) is 0 Å². The van der Waals surface area contributed by atoms with Gasteiger partial charge in [-0.15, -0.1) is 0 Å². The lowest BCUT2D eigenvalue weighted by molar-refractivity contribution is 0.0514. The van der Waals surface area contributed by atoms with Crippen LogP contribution in [0.2, 0.25) is 0 Å². The second-order valence-electron chi connectivity index (χ2n) is 4.77. The van der Waals surface area contributed by atoms with Gasteiger partial charge in [-0.3, -0.25) is 0 Å². The lowest BCUT2D eigenvalue weighted by atomic mass is 9.92. The van der Waals surface area contributed by atoms with Gasteiger partial charge in [0.15, 0.2) is 0 Å². The van der Waals surface area contributed by atoms with E-state index in [1.165, 1.54) is 19.3 Å². The van der Waals surface area contributed by atoms with Crippen LogP contribution in [0.3, 0.4) is 0 Å². The zero-order chi connectivity index (χ0) is 7.64. The first kappa shape index (κ1) is 6.47. The van der Waals surface area contributed by atoms with E-state index in [1.54, 1.807) is 0 Å². The molecule has 0 N–H and O–H groups in total. The molecule has 0 amide bonds. The molecule has 5 atom stereocenters. The summed E-state index contributed by atoms with van der Waals surface area (Å²) in [7, 11) is 1.88. The monoisotopic (exact) mass is 152 g/mol. The summed E-state index contributed by atoms with van der Waals surface area (Å²) in [6.45, 7) is 2.49. The predicted octanol–water partition coefficient (Wildman–Crippen LogP) is 2.07. The Morgan fingerprint density at radius 3 is 2.55 bits per heavy atom. The summed E-state index contributed by atoms with van der Waals surface area (Å²) in [5, 5.41) is 0. The molecular weight excluding hydrogens is 136 g/mol. The van der Waals surface area contributed by atoms with Gasteiger partial charge in [-0.2, -0.15) is 0 Å². The summed E-state index contributed by atoms with van der Waals surface area (Å²) in [6.07, 6.45) is 4.91. The Morgan fingerprint density at radius 2 is 1.91 bits per heavy atom. The Hall–Kier alpha value is -0.0400. The highest BCUT2D eigenvalue weighted by Crippen LogP contribution is 2.77. The van der Waals surface area contributed by atoms with E-state index in [4.69, 9.17) is 4.74 Å². The minimum absolute atomic E-state index is 0.615. The molecule has 11 heavy (non-hydrogen) atoms. The van der Waals surface area contributed by atoms with Crippen molar-refractivity contribution in [1.82, 2.24) is 0 Å². The molecule has 1 nitrogen and oxygen atoms in total. The SMILES string of the molecule is CO[C@@H]1CC2C3CC[C@H]1[C@@]32C. The maximum absolute atomic E-state index is 5.51. The van der Waals surface area contributed by atoms with Crippen LogP contribution in [-0.4, -0.2) is 13.2 Å². The van der Waals surface area contributed by atoms with Gasteiger partial charge in [0.05, 0.1) is 6.10 Å². The van der Waals surface area contributed by atoms with Crippen molar-refractivity contribution in [3.8, 4) is 0 Å². The quantitative estimate of drug-likeness (QED) is 0.559. The molecule has 62 valence electrons. The standard InChI is InChI=1S/C10H16O/c1-10-6-3-4-7(10)9(11-2)5-8(6)10/h6-9H,3-5H2,1-2H3/t6?,7-,8?,9-,10-/m1/s1. The van der Waals surface area contributed by atoms with Crippen molar-refractivity contribution in [2.75, 3.05) is 7.11 Å². The van der Waals surface area contributed by atoms with Crippen LogP contribution in [0.25, 0.3) is 0 Å². The first-order valence-corrected chi connectivity index (χ1v) is 4.81. The van der Waals surface area contributed by atoms with Gasteiger partial charge in [-0.05, 0) is 42.4 Å². The van der Waals surface area contributed by atoms with Crippen molar-refractivity contribution in [2.45, 2.75) is 32.3 Å². The van der Waals surface area contributed by atoms with Gasteiger partial charge in [0.25, 0.3) is 0 Å². The summed E-state index contributed by atoms with van der Waals surface area (Å²) in [5.41, 5.74) is 0.737. The van der Waals surface area contributed by atoms with E-state index in [0.717, 1.165) is 23.2 Å². The normalized spacial score (nSPS) is 64.9. The van der Waals surface area contributed by atoms with Gasteiger partial charge < -0.3 is 4.74 Å². The number of methoxy groups -OCH3 is 1. The average Bonchev–Trinajstić information content (AvgIpc) is 2.33. The second kappa shape index (κ2) is 1.66. The lowest BCUT2D eigenvalue weighted by Gasteiger charge is -2.20. The van der Waals surface area contributed by atoms with Crippen molar-refractivity contribution in [2.24, 2.45) is 23.2 Å². The molecule has 0 spiro atoms. The number of hydrogen-bond donors (Lipinski definition) is 0. The van der Waals surface area contributed by atoms with Crippen molar-refractivity contribution in [1.29, 1.82) is 0 Å². The third-order valence-electron chi connectivity index (χ3n) is 4.80. The van der Waals surface area contributed by atoms with Crippen molar-refractivity contribution >= 4 is 0 Å². The van der Waals surface area contributed by atoms with E-state index >= 15 is 0 Å². The fourth-order valence-electron chi connectivity index (χ4n) is 4.13. The van der Waals surface area contributed by atoms with Crippen LogP contribution in [0.15, 0.2) is 0 Å². The zero-order valence-electron chi connectivity index (χ0n) is 7.34. The van der Waals surface area contributed by atoms with Gasteiger partial charge in [0, 0.05) is 7.11 Å².